The van der Waals surface area contributed by atoms with Crippen molar-refractivity contribution in [3.63, 3.8) is 0 Å². The quantitative estimate of drug-likeness (QED) is 0.752. The van der Waals surface area contributed by atoms with Crippen LogP contribution in [0, 0.1) is 5.82 Å². The van der Waals surface area contributed by atoms with Crippen LogP contribution < -0.4 is 10.6 Å². The Hall–Kier alpha value is -2.73. The summed E-state index contributed by atoms with van der Waals surface area (Å²) in [5, 5.41) is 7.42. The van der Waals surface area contributed by atoms with Gasteiger partial charge in [-0.25, -0.2) is 9.18 Å². The lowest BCUT2D eigenvalue weighted by Crippen LogP contribution is -2.28. The maximum Gasteiger partial charge on any atom is 0.319 e. The molecule has 2 heterocycles. The van der Waals surface area contributed by atoms with E-state index in [2.05, 4.69) is 15.6 Å². The van der Waals surface area contributed by atoms with Crippen molar-refractivity contribution in [2.75, 3.05) is 5.32 Å². The number of amides is 2. The maximum atomic E-state index is 12.8. The Kier molecular flexibility index (Phi) is 4.63. The molecule has 23 heavy (non-hydrogen) atoms. The Balaban J connectivity index is 1.58. The van der Waals surface area contributed by atoms with E-state index in [4.69, 9.17) is 0 Å². The summed E-state index contributed by atoms with van der Waals surface area (Å²) in [7, 11) is 0. The van der Waals surface area contributed by atoms with Gasteiger partial charge in [0, 0.05) is 18.4 Å². The summed E-state index contributed by atoms with van der Waals surface area (Å²) in [5.41, 5.74) is 2.38. The molecule has 3 aromatic rings. The molecule has 116 valence electrons. The first-order chi connectivity index (χ1) is 11.2. The Labute approximate surface area is 137 Å². The zero-order chi connectivity index (χ0) is 16.1. The monoisotopic (exact) mass is 327 g/mol. The SMILES string of the molecule is O=C(NCc1ccnc(-c2cccs2)c1)Nc1ccc(F)cc1. The number of rotatable bonds is 4. The van der Waals surface area contributed by atoms with Gasteiger partial charge in [-0.3, -0.25) is 4.98 Å². The molecule has 0 fully saturated rings. The van der Waals surface area contributed by atoms with Crippen LogP contribution in [0.3, 0.4) is 0 Å². The van der Waals surface area contributed by atoms with Gasteiger partial charge in [0.05, 0.1) is 10.6 Å². The van der Waals surface area contributed by atoms with E-state index in [1.807, 2.05) is 29.6 Å². The maximum absolute atomic E-state index is 12.8. The van der Waals surface area contributed by atoms with Crippen molar-refractivity contribution < 1.29 is 9.18 Å². The highest BCUT2D eigenvalue weighted by Gasteiger charge is 2.04. The number of hydrogen-bond donors (Lipinski definition) is 2. The number of benzene rings is 1. The van der Waals surface area contributed by atoms with Crippen LogP contribution in [-0.2, 0) is 6.54 Å². The van der Waals surface area contributed by atoms with Crippen molar-refractivity contribution >= 4 is 23.1 Å². The minimum absolute atomic E-state index is 0.339. The van der Waals surface area contributed by atoms with Crippen LogP contribution in [0.15, 0.2) is 60.1 Å². The molecule has 0 radical (unpaired) electrons. The Bertz CT molecular complexity index is 788. The summed E-state index contributed by atoms with van der Waals surface area (Å²) >= 11 is 1.62. The first-order valence-corrected chi connectivity index (χ1v) is 7.88. The Morgan fingerprint density at radius 1 is 1.17 bits per heavy atom. The van der Waals surface area contributed by atoms with Crippen molar-refractivity contribution in [2.24, 2.45) is 0 Å². The van der Waals surface area contributed by atoms with Crippen molar-refractivity contribution in [1.29, 1.82) is 0 Å². The zero-order valence-corrected chi connectivity index (χ0v) is 12.9. The molecule has 2 aromatic heterocycles. The van der Waals surface area contributed by atoms with Gasteiger partial charge in [0.2, 0.25) is 0 Å². The molecule has 0 aliphatic carbocycles. The number of urea groups is 1. The minimum atomic E-state index is -0.342. The minimum Gasteiger partial charge on any atom is -0.334 e. The second-order valence-corrected chi connectivity index (χ2v) is 5.79. The van der Waals surface area contributed by atoms with E-state index in [9.17, 15) is 9.18 Å². The van der Waals surface area contributed by atoms with E-state index in [1.165, 1.54) is 24.3 Å². The van der Waals surface area contributed by atoms with Crippen LogP contribution in [-0.4, -0.2) is 11.0 Å². The van der Waals surface area contributed by atoms with Crippen LogP contribution in [0.4, 0.5) is 14.9 Å². The average Bonchev–Trinajstić information content (AvgIpc) is 3.10. The van der Waals surface area contributed by atoms with Crippen molar-refractivity contribution in [3.05, 3.63) is 71.5 Å². The molecule has 6 heteroatoms. The number of aromatic nitrogens is 1. The van der Waals surface area contributed by atoms with E-state index in [-0.39, 0.29) is 11.8 Å². The second-order valence-electron chi connectivity index (χ2n) is 4.84. The van der Waals surface area contributed by atoms with Crippen LogP contribution in [0.2, 0.25) is 0 Å². The highest BCUT2D eigenvalue weighted by atomic mass is 32.1. The van der Waals surface area contributed by atoms with E-state index in [0.717, 1.165) is 16.1 Å². The molecule has 2 N–H and O–H groups in total. The standard InChI is InChI=1S/C17H14FN3OS/c18-13-3-5-14(6-4-13)21-17(22)20-11-12-7-8-19-15(10-12)16-2-1-9-23-16/h1-10H,11H2,(H2,20,21,22). The summed E-state index contributed by atoms with van der Waals surface area (Å²) in [5.74, 6) is -0.339. The van der Waals surface area contributed by atoms with Gasteiger partial charge in [0.15, 0.2) is 0 Å². The summed E-state index contributed by atoms with van der Waals surface area (Å²) in [6.07, 6.45) is 1.73. The summed E-state index contributed by atoms with van der Waals surface area (Å²) in [6, 6.07) is 13.1. The lowest BCUT2D eigenvalue weighted by Gasteiger charge is -2.08. The number of thiophene rings is 1. The van der Waals surface area contributed by atoms with E-state index in [1.54, 1.807) is 17.5 Å². The van der Waals surface area contributed by atoms with E-state index in [0.29, 0.717) is 12.2 Å². The predicted octanol–water partition coefficient (Wildman–Crippen LogP) is 4.27. The molecular formula is C17H14FN3OS. The lowest BCUT2D eigenvalue weighted by atomic mass is 10.2. The average molecular weight is 327 g/mol. The van der Waals surface area contributed by atoms with E-state index >= 15 is 0 Å². The highest BCUT2D eigenvalue weighted by Crippen LogP contribution is 2.22. The lowest BCUT2D eigenvalue weighted by molar-refractivity contribution is 0.251. The molecule has 0 aliphatic heterocycles. The molecule has 0 saturated heterocycles. The molecule has 3 rings (SSSR count). The molecule has 0 bridgehead atoms. The zero-order valence-electron chi connectivity index (χ0n) is 12.1. The third-order valence-corrected chi connectivity index (χ3v) is 4.05. The van der Waals surface area contributed by atoms with Gasteiger partial charge < -0.3 is 10.6 Å². The molecule has 2 amide bonds. The van der Waals surface area contributed by atoms with E-state index < -0.39 is 0 Å². The molecule has 4 nitrogen and oxygen atoms in total. The molecule has 0 aliphatic rings. The number of nitrogens with zero attached hydrogens (tertiary/aromatic N) is 1. The number of anilines is 1. The Morgan fingerprint density at radius 3 is 2.74 bits per heavy atom. The van der Waals surface area contributed by atoms with Crippen molar-refractivity contribution in [3.8, 4) is 10.6 Å². The fourth-order valence-corrected chi connectivity index (χ4v) is 2.73. The fourth-order valence-electron chi connectivity index (χ4n) is 2.03. The summed E-state index contributed by atoms with van der Waals surface area (Å²) < 4.78 is 12.8. The third kappa shape index (κ3) is 4.14. The van der Waals surface area contributed by atoms with Crippen molar-refractivity contribution in [2.45, 2.75) is 6.54 Å². The van der Waals surface area contributed by atoms with Gasteiger partial charge in [0.25, 0.3) is 0 Å². The largest absolute Gasteiger partial charge is 0.334 e. The van der Waals surface area contributed by atoms with Crippen LogP contribution >= 0.6 is 11.3 Å². The first kappa shape index (κ1) is 15.2. The van der Waals surface area contributed by atoms with Gasteiger partial charge in [-0.15, -0.1) is 11.3 Å². The van der Waals surface area contributed by atoms with Gasteiger partial charge >= 0.3 is 6.03 Å². The fraction of sp³-hybridized carbons (Fsp3) is 0.0588. The molecule has 0 saturated carbocycles. The normalized spacial score (nSPS) is 10.3. The molecule has 0 unspecified atom stereocenters. The van der Waals surface area contributed by atoms with Crippen LogP contribution in [0.1, 0.15) is 5.56 Å². The second kappa shape index (κ2) is 7.02. The van der Waals surface area contributed by atoms with Crippen molar-refractivity contribution in [1.82, 2.24) is 10.3 Å². The first-order valence-electron chi connectivity index (χ1n) is 7.00. The molecule has 0 spiro atoms. The number of pyridine rings is 1. The predicted molar refractivity (Wildman–Crippen MR) is 89.8 cm³/mol. The summed E-state index contributed by atoms with van der Waals surface area (Å²) in [6.45, 7) is 0.383. The number of halogens is 1. The molecule has 0 atom stereocenters. The van der Waals surface area contributed by atoms with Gasteiger partial charge in [-0.05, 0) is 53.4 Å². The van der Waals surface area contributed by atoms with Crippen LogP contribution in [0.25, 0.3) is 10.6 Å². The summed E-state index contributed by atoms with van der Waals surface area (Å²) in [4.78, 5) is 17.3. The number of nitrogens with one attached hydrogen (secondary N) is 2. The molecule has 1 aromatic carbocycles. The molecular weight excluding hydrogens is 313 g/mol. The van der Waals surface area contributed by atoms with Gasteiger partial charge in [0.1, 0.15) is 5.82 Å². The highest BCUT2D eigenvalue weighted by molar-refractivity contribution is 7.13. The number of hydrogen-bond acceptors (Lipinski definition) is 3. The topological polar surface area (TPSA) is 54.0 Å². The number of carbonyl (C=O) groups is 1. The van der Waals surface area contributed by atoms with Crippen LogP contribution in [0.5, 0.6) is 0 Å². The van der Waals surface area contributed by atoms with Gasteiger partial charge in [-0.1, -0.05) is 6.07 Å². The van der Waals surface area contributed by atoms with Gasteiger partial charge in [-0.2, -0.15) is 0 Å². The number of carbonyl (C=O) groups excluding carboxylic acids is 1. The Morgan fingerprint density at radius 2 is 2.00 bits per heavy atom. The smallest absolute Gasteiger partial charge is 0.319 e. The third-order valence-electron chi connectivity index (χ3n) is 3.15.